The zero-order valence-electron chi connectivity index (χ0n) is 17.5. The fourth-order valence-electron chi connectivity index (χ4n) is 4.89. The molecular formula is C24H34O5. The lowest BCUT2D eigenvalue weighted by Crippen LogP contribution is -2.26. The van der Waals surface area contributed by atoms with E-state index < -0.39 is 12.1 Å². The second-order valence-electron chi connectivity index (χ2n) is 8.42. The van der Waals surface area contributed by atoms with Crippen LogP contribution < -0.4 is 4.74 Å². The Hall–Kier alpha value is -1.85. The first-order valence-electron chi connectivity index (χ1n) is 10.9. The normalized spacial score (nSPS) is 26.8. The summed E-state index contributed by atoms with van der Waals surface area (Å²) in [6, 6.07) is 5.97. The van der Waals surface area contributed by atoms with Crippen LogP contribution in [0.2, 0.25) is 0 Å². The molecule has 1 aromatic rings. The maximum Gasteiger partial charge on any atom is 0.343 e. The first-order chi connectivity index (χ1) is 14.0. The summed E-state index contributed by atoms with van der Waals surface area (Å²) in [6.45, 7) is 2.06. The fraction of sp³-hybridized carbons (Fsp3) is 0.625. The van der Waals surface area contributed by atoms with Crippen LogP contribution in [0.15, 0.2) is 30.4 Å². The molecule has 3 rings (SSSR count). The number of aliphatic hydroxyl groups is 2. The number of rotatable bonds is 9. The van der Waals surface area contributed by atoms with E-state index in [1.165, 1.54) is 12.7 Å². The number of aliphatic hydroxyl groups excluding tert-OH is 2. The summed E-state index contributed by atoms with van der Waals surface area (Å²) in [5.74, 6) is 1.18. The third-order valence-electron chi connectivity index (χ3n) is 6.47. The molecule has 1 aromatic carbocycles. The van der Waals surface area contributed by atoms with E-state index in [9.17, 15) is 15.0 Å². The van der Waals surface area contributed by atoms with Crippen molar-refractivity contribution in [1.82, 2.24) is 0 Å². The molecule has 0 aliphatic heterocycles. The minimum Gasteiger partial charge on any atom is -0.482 e. The third kappa shape index (κ3) is 5.40. The van der Waals surface area contributed by atoms with E-state index in [-0.39, 0.29) is 18.6 Å². The van der Waals surface area contributed by atoms with Gasteiger partial charge in [0.2, 0.25) is 0 Å². The van der Waals surface area contributed by atoms with E-state index in [1.54, 1.807) is 0 Å². The van der Waals surface area contributed by atoms with Crippen molar-refractivity contribution < 1.29 is 24.5 Å². The van der Waals surface area contributed by atoms with Crippen LogP contribution in [-0.2, 0) is 22.4 Å². The monoisotopic (exact) mass is 402 g/mol. The van der Waals surface area contributed by atoms with Gasteiger partial charge in [0.15, 0.2) is 6.61 Å². The summed E-state index contributed by atoms with van der Waals surface area (Å²) in [5.41, 5.74) is 2.37. The van der Waals surface area contributed by atoms with Crippen LogP contribution in [0.25, 0.3) is 0 Å². The summed E-state index contributed by atoms with van der Waals surface area (Å²) in [7, 11) is 1.35. The van der Waals surface area contributed by atoms with Crippen molar-refractivity contribution in [2.75, 3.05) is 13.7 Å². The molecule has 5 heteroatoms. The SMILES string of the molecule is CCCCC[C@H](O)/C=C/[C@H]1[C@H](O)CC2Cc3c(cccc3OCC(=O)OC)C[C@@H]21. The molecule has 0 heterocycles. The number of benzene rings is 1. The van der Waals surface area contributed by atoms with Gasteiger partial charge >= 0.3 is 5.97 Å². The standard InChI is InChI=1S/C24H34O5/c1-3-4-5-8-18(25)10-11-19-20-12-16-7-6-9-23(29-15-24(27)28-2)21(16)13-17(20)14-22(19)26/h6-7,9-11,17-20,22,25-26H,3-5,8,12-15H2,1-2H3/b11-10+/t17?,18-,19+,20-,22+/m0/s1. The Kier molecular flexibility index (Phi) is 7.73. The van der Waals surface area contributed by atoms with Crippen LogP contribution in [0.4, 0.5) is 0 Å². The van der Waals surface area contributed by atoms with Gasteiger partial charge in [-0.15, -0.1) is 0 Å². The Balaban J connectivity index is 1.68. The number of methoxy groups -OCH3 is 1. The Bertz CT molecular complexity index is 713. The quantitative estimate of drug-likeness (QED) is 0.376. The molecule has 0 radical (unpaired) electrons. The first-order valence-corrected chi connectivity index (χ1v) is 10.9. The van der Waals surface area contributed by atoms with Gasteiger partial charge in [0.05, 0.1) is 19.3 Å². The third-order valence-corrected chi connectivity index (χ3v) is 6.47. The highest BCUT2D eigenvalue weighted by molar-refractivity contribution is 5.71. The molecule has 0 saturated heterocycles. The van der Waals surface area contributed by atoms with Crippen molar-refractivity contribution in [1.29, 1.82) is 0 Å². The summed E-state index contributed by atoms with van der Waals surface area (Å²) >= 11 is 0. The van der Waals surface area contributed by atoms with Gasteiger partial charge in [-0.25, -0.2) is 4.79 Å². The second-order valence-corrected chi connectivity index (χ2v) is 8.42. The van der Waals surface area contributed by atoms with E-state index >= 15 is 0 Å². The Morgan fingerprint density at radius 2 is 2.14 bits per heavy atom. The molecule has 1 saturated carbocycles. The van der Waals surface area contributed by atoms with Crippen molar-refractivity contribution in [3.63, 3.8) is 0 Å². The molecule has 160 valence electrons. The van der Waals surface area contributed by atoms with Crippen LogP contribution in [0.5, 0.6) is 5.75 Å². The van der Waals surface area contributed by atoms with E-state index in [1.807, 2.05) is 18.2 Å². The van der Waals surface area contributed by atoms with Crippen molar-refractivity contribution in [2.24, 2.45) is 17.8 Å². The molecule has 0 spiro atoms. The number of esters is 1. The molecule has 1 fully saturated rings. The maximum atomic E-state index is 11.4. The van der Waals surface area contributed by atoms with Crippen LogP contribution in [0, 0.1) is 17.8 Å². The van der Waals surface area contributed by atoms with Crippen molar-refractivity contribution in [3.8, 4) is 5.75 Å². The van der Waals surface area contributed by atoms with Gasteiger partial charge < -0.3 is 19.7 Å². The number of unbranched alkanes of at least 4 members (excludes halogenated alkanes) is 2. The van der Waals surface area contributed by atoms with Crippen LogP contribution >= 0.6 is 0 Å². The molecule has 5 atom stereocenters. The van der Waals surface area contributed by atoms with Gasteiger partial charge in [-0.2, -0.15) is 0 Å². The van der Waals surface area contributed by atoms with E-state index in [4.69, 9.17) is 4.74 Å². The van der Waals surface area contributed by atoms with Gasteiger partial charge in [-0.1, -0.05) is 50.5 Å². The van der Waals surface area contributed by atoms with E-state index in [2.05, 4.69) is 23.8 Å². The van der Waals surface area contributed by atoms with Gasteiger partial charge in [-0.3, -0.25) is 0 Å². The summed E-state index contributed by atoms with van der Waals surface area (Å²) < 4.78 is 10.4. The van der Waals surface area contributed by atoms with E-state index in [0.717, 1.165) is 56.3 Å². The molecule has 1 unspecified atom stereocenters. The average molecular weight is 403 g/mol. The van der Waals surface area contributed by atoms with Gasteiger partial charge in [0.1, 0.15) is 5.75 Å². The smallest absolute Gasteiger partial charge is 0.343 e. The molecular weight excluding hydrogens is 368 g/mol. The predicted octanol–water partition coefficient (Wildman–Crippen LogP) is 3.45. The Morgan fingerprint density at radius 3 is 2.90 bits per heavy atom. The molecule has 2 aliphatic carbocycles. The number of carbonyl (C=O) groups excluding carboxylic acids is 1. The van der Waals surface area contributed by atoms with Gasteiger partial charge in [-0.05, 0) is 54.7 Å². The van der Waals surface area contributed by atoms with Crippen LogP contribution in [-0.4, -0.2) is 42.1 Å². The average Bonchev–Trinajstić information content (AvgIpc) is 3.02. The van der Waals surface area contributed by atoms with Crippen LogP contribution in [0.3, 0.4) is 0 Å². The zero-order chi connectivity index (χ0) is 20.8. The zero-order valence-corrected chi connectivity index (χ0v) is 17.5. The summed E-state index contributed by atoms with van der Waals surface area (Å²) in [5, 5.41) is 20.9. The highest BCUT2D eigenvalue weighted by atomic mass is 16.6. The predicted molar refractivity (Wildman–Crippen MR) is 112 cm³/mol. The van der Waals surface area contributed by atoms with Crippen molar-refractivity contribution in [3.05, 3.63) is 41.5 Å². The molecule has 2 aliphatic rings. The van der Waals surface area contributed by atoms with E-state index in [0.29, 0.717) is 11.8 Å². The Labute approximate surface area is 173 Å². The molecule has 0 aromatic heterocycles. The fourth-order valence-corrected chi connectivity index (χ4v) is 4.89. The molecule has 0 bridgehead atoms. The van der Waals surface area contributed by atoms with Crippen LogP contribution in [0.1, 0.15) is 50.2 Å². The summed E-state index contributed by atoms with van der Waals surface area (Å²) in [6.07, 6.45) is 9.71. The van der Waals surface area contributed by atoms with Crippen molar-refractivity contribution >= 4 is 5.97 Å². The summed E-state index contributed by atoms with van der Waals surface area (Å²) in [4.78, 5) is 11.4. The van der Waals surface area contributed by atoms with Gasteiger partial charge in [0, 0.05) is 5.92 Å². The number of carbonyl (C=O) groups is 1. The van der Waals surface area contributed by atoms with Gasteiger partial charge in [0.25, 0.3) is 0 Å². The molecule has 5 nitrogen and oxygen atoms in total. The lowest BCUT2D eigenvalue weighted by molar-refractivity contribution is -0.142. The molecule has 0 amide bonds. The van der Waals surface area contributed by atoms with Crippen molar-refractivity contribution in [2.45, 2.75) is 64.1 Å². The Morgan fingerprint density at radius 1 is 1.31 bits per heavy atom. The topological polar surface area (TPSA) is 76.0 Å². The highest BCUT2D eigenvalue weighted by Gasteiger charge is 2.44. The number of hydrogen-bond donors (Lipinski definition) is 2. The number of fused-ring (bicyclic) bond motifs is 2. The highest BCUT2D eigenvalue weighted by Crippen LogP contribution is 2.47. The lowest BCUT2D eigenvalue weighted by Gasteiger charge is -2.31. The number of ether oxygens (including phenoxy) is 2. The first kappa shape index (κ1) is 21.8. The lowest BCUT2D eigenvalue weighted by atomic mass is 9.74. The molecule has 2 N–H and O–H groups in total. The second kappa shape index (κ2) is 10.3. The number of hydrogen-bond acceptors (Lipinski definition) is 5. The maximum absolute atomic E-state index is 11.4. The minimum absolute atomic E-state index is 0.0774. The minimum atomic E-state index is -0.429. The largest absolute Gasteiger partial charge is 0.482 e. The molecule has 29 heavy (non-hydrogen) atoms.